The largest absolute Gasteiger partial charge is 0.493 e. The monoisotopic (exact) mass is 309 g/mol. The first kappa shape index (κ1) is 13.2. The van der Waals surface area contributed by atoms with Gasteiger partial charge in [-0.25, -0.2) is 0 Å². The molecule has 4 heteroatoms. The molecule has 3 nitrogen and oxygen atoms in total. The minimum absolute atomic E-state index is 0.745. The van der Waals surface area contributed by atoms with Crippen molar-refractivity contribution in [2.24, 2.45) is 0 Å². The van der Waals surface area contributed by atoms with Crippen LogP contribution in [0.2, 0.25) is 0 Å². The van der Waals surface area contributed by atoms with E-state index in [9.17, 15) is 0 Å². The molecule has 0 atom stereocenters. The Kier molecular flexibility index (Phi) is 3.05. The van der Waals surface area contributed by atoms with E-state index in [1.54, 1.807) is 14.2 Å². The van der Waals surface area contributed by atoms with Crippen LogP contribution in [-0.4, -0.2) is 19.2 Å². The highest BCUT2D eigenvalue weighted by atomic mass is 32.1. The van der Waals surface area contributed by atoms with Gasteiger partial charge in [0.2, 0.25) is 0 Å². The predicted molar refractivity (Wildman–Crippen MR) is 92.2 cm³/mol. The molecule has 0 saturated carbocycles. The number of nitrogens with one attached hydrogen (secondary N) is 1. The molecule has 0 amide bonds. The Labute approximate surface area is 132 Å². The summed E-state index contributed by atoms with van der Waals surface area (Å²) in [5.74, 6) is 1.49. The van der Waals surface area contributed by atoms with Crippen molar-refractivity contribution in [1.82, 2.24) is 4.98 Å². The molecule has 0 saturated heterocycles. The lowest BCUT2D eigenvalue weighted by molar-refractivity contribution is 0.355. The van der Waals surface area contributed by atoms with E-state index in [1.807, 2.05) is 23.5 Å². The fraction of sp³-hybridized carbons (Fsp3) is 0.111. The summed E-state index contributed by atoms with van der Waals surface area (Å²) in [6, 6.07) is 14.5. The molecule has 2 heterocycles. The Morgan fingerprint density at radius 2 is 1.77 bits per heavy atom. The van der Waals surface area contributed by atoms with Crippen molar-refractivity contribution < 1.29 is 9.47 Å². The Bertz CT molecular complexity index is 968. The van der Waals surface area contributed by atoms with Crippen LogP contribution < -0.4 is 9.47 Å². The molecule has 0 spiro atoms. The third-order valence-electron chi connectivity index (χ3n) is 3.90. The van der Waals surface area contributed by atoms with Crippen LogP contribution in [0, 0.1) is 0 Å². The second kappa shape index (κ2) is 5.07. The van der Waals surface area contributed by atoms with Crippen molar-refractivity contribution in [1.29, 1.82) is 0 Å². The van der Waals surface area contributed by atoms with Crippen molar-refractivity contribution in [3.63, 3.8) is 0 Å². The summed E-state index contributed by atoms with van der Waals surface area (Å²) in [5.41, 5.74) is 3.51. The summed E-state index contributed by atoms with van der Waals surface area (Å²) < 4.78 is 13.3. The molecule has 0 aliphatic carbocycles. The molecule has 4 rings (SSSR count). The van der Waals surface area contributed by atoms with Gasteiger partial charge >= 0.3 is 0 Å². The molecular weight excluding hydrogens is 294 g/mol. The molecule has 2 aromatic carbocycles. The molecule has 0 bridgehead atoms. The van der Waals surface area contributed by atoms with Crippen LogP contribution in [0.5, 0.6) is 11.5 Å². The first-order valence-electron chi connectivity index (χ1n) is 7.03. The lowest BCUT2D eigenvalue weighted by Gasteiger charge is -2.08. The van der Waals surface area contributed by atoms with Crippen LogP contribution in [0.3, 0.4) is 0 Å². The minimum atomic E-state index is 0.745. The van der Waals surface area contributed by atoms with Gasteiger partial charge in [-0.15, -0.1) is 11.3 Å². The van der Waals surface area contributed by atoms with E-state index in [1.165, 1.54) is 25.9 Å². The predicted octanol–water partition coefficient (Wildman–Crippen LogP) is 5.07. The maximum Gasteiger partial charge on any atom is 0.161 e. The number of fused-ring (bicyclic) bond motifs is 3. The van der Waals surface area contributed by atoms with Crippen molar-refractivity contribution in [2.45, 2.75) is 0 Å². The second-order valence-electron chi connectivity index (χ2n) is 5.07. The van der Waals surface area contributed by atoms with E-state index in [-0.39, 0.29) is 0 Å². The molecule has 4 aromatic rings. The van der Waals surface area contributed by atoms with Crippen LogP contribution in [-0.2, 0) is 0 Å². The smallest absolute Gasteiger partial charge is 0.161 e. The number of hydrogen-bond acceptors (Lipinski definition) is 3. The minimum Gasteiger partial charge on any atom is -0.493 e. The van der Waals surface area contributed by atoms with Crippen molar-refractivity contribution in [3.8, 4) is 22.6 Å². The highest BCUT2D eigenvalue weighted by Gasteiger charge is 2.14. The van der Waals surface area contributed by atoms with Gasteiger partial charge in [-0.1, -0.05) is 24.3 Å². The molecule has 0 aliphatic heterocycles. The SMILES string of the molecule is COc1ccc(-c2c[nH]c3c2sc2ccccc23)cc1OC. The van der Waals surface area contributed by atoms with Gasteiger partial charge in [0.1, 0.15) is 0 Å². The lowest BCUT2D eigenvalue weighted by atomic mass is 10.1. The Balaban J connectivity index is 1.94. The van der Waals surface area contributed by atoms with Crippen LogP contribution in [0.4, 0.5) is 0 Å². The molecule has 0 radical (unpaired) electrons. The van der Waals surface area contributed by atoms with Gasteiger partial charge in [0.25, 0.3) is 0 Å². The number of ether oxygens (including phenoxy) is 2. The van der Waals surface area contributed by atoms with Crippen LogP contribution >= 0.6 is 11.3 Å². The summed E-state index contributed by atoms with van der Waals surface area (Å²) in [6.45, 7) is 0. The number of thiophene rings is 1. The van der Waals surface area contributed by atoms with E-state index in [0.29, 0.717) is 0 Å². The quantitative estimate of drug-likeness (QED) is 0.573. The summed E-state index contributed by atoms with van der Waals surface area (Å²) in [4.78, 5) is 3.41. The number of benzene rings is 2. The molecular formula is C18H15NO2S. The standard InChI is InChI=1S/C18H15NO2S/c1-20-14-8-7-11(9-15(14)21-2)13-10-19-17-12-5-3-4-6-16(12)22-18(13)17/h3-10,19H,1-2H3. The van der Waals surface area contributed by atoms with E-state index < -0.39 is 0 Å². The zero-order valence-electron chi connectivity index (χ0n) is 12.3. The number of aromatic nitrogens is 1. The zero-order valence-corrected chi connectivity index (χ0v) is 13.2. The third kappa shape index (κ3) is 1.88. The van der Waals surface area contributed by atoms with Gasteiger partial charge < -0.3 is 14.5 Å². The Morgan fingerprint density at radius 3 is 2.59 bits per heavy atom. The van der Waals surface area contributed by atoms with Crippen LogP contribution in [0.25, 0.3) is 31.4 Å². The molecule has 0 unspecified atom stereocenters. The van der Waals surface area contributed by atoms with Crippen molar-refractivity contribution in [2.75, 3.05) is 14.2 Å². The van der Waals surface area contributed by atoms with Gasteiger partial charge in [0.15, 0.2) is 11.5 Å². The summed E-state index contributed by atoms with van der Waals surface area (Å²) in [7, 11) is 3.31. The summed E-state index contributed by atoms with van der Waals surface area (Å²) in [6.07, 6.45) is 2.06. The van der Waals surface area contributed by atoms with Gasteiger partial charge in [0, 0.05) is 21.8 Å². The van der Waals surface area contributed by atoms with E-state index in [4.69, 9.17) is 9.47 Å². The highest BCUT2D eigenvalue weighted by molar-refractivity contribution is 7.26. The Morgan fingerprint density at radius 1 is 0.955 bits per heavy atom. The van der Waals surface area contributed by atoms with Gasteiger partial charge in [-0.2, -0.15) is 0 Å². The Hall–Kier alpha value is -2.46. The molecule has 110 valence electrons. The van der Waals surface area contributed by atoms with E-state index in [0.717, 1.165) is 17.1 Å². The zero-order chi connectivity index (χ0) is 15.1. The van der Waals surface area contributed by atoms with Crippen LogP contribution in [0.1, 0.15) is 0 Å². The fourth-order valence-electron chi connectivity index (χ4n) is 2.81. The number of methoxy groups -OCH3 is 2. The van der Waals surface area contributed by atoms with Crippen molar-refractivity contribution in [3.05, 3.63) is 48.7 Å². The normalized spacial score (nSPS) is 11.2. The maximum absolute atomic E-state index is 5.41. The molecule has 0 aliphatic rings. The first-order chi connectivity index (χ1) is 10.8. The van der Waals surface area contributed by atoms with Gasteiger partial charge in [-0.05, 0) is 23.8 Å². The highest BCUT2D eigenvalue weighted by Crippen LogP contribution is 2.41. The molecule has 0 fully saturated rings. The average molecular weight is 309 g/mol. The average Bonchev–Trinajstić information content (AvgIpc) is 3.13. The lowest BCUT2D eigenvalue weighted by Crippen LogP contribution is -1.90. The van der Waals surface area contributed by atoms with Gasteiger partial charge in [0.05, 0.1) is 24.4 Å². The van der Waals surface area contributed by atoms with E-state index in [2.05, 4.69) is 41.5 Å². The van der Waals surface area contributed by atoms with Crippen molar-refractivity contribution >= 4 is 31.6 Å². The van der Waals surface area contributed by atoms with Gasteiger partial charge in [-0.3, -0.25) is 0 Å². The summed E-state index contributed by atoms with van der Waals surface area (Å²) >= 11 is 1.81. The number of H-pyrrole nitrogens is 1. The molecule has 1 N–H and O–H groups in total. The third-order valence-corrected chi connectivity index (χ3v) is 5.10. The number of aromatic amines is 1. The second-order valence-corrected chi connectivity index (χ2v) is 6.13. The molecule has 2 aromatic heterocycles. The van der Waals surface area contributed by atoms with E-state index >= 15 is 0 Å². The number of hydrogen-bond donors (Lipinski definition) is 1. The fourth-order valence-corrected chi connectivity index (χ4v) is 4.01. The topological polar surface area (TPSA) is 34.2 Å². The molecule has 22 heavy (non-hydrogen) atoms. The van der Waals surface area contributed by atoms with Crippen LogP contribution in [0.15, 0.2) is 48.7 Å². The number of rotatable bonds is 3. The first-order valence-corrected chi connectivity index (χ1v) is 7.84. The summed E-state index contributed by atoms with van der Waals surface area (Å²) in [5, 5.41) is 1.27. The maximum atomic E-state index is 5.41.